The first kappa shape index (κ1) is 25.8. The summed E-state index contributed by atoms with van der Waals surface area (Å²) in [6.07, 6.45) is 5.45. The highest BCUT2D eigenvalue weighted by Crippen LogP contribution is 2.35. The Kier molecular flexibility index (Phi) is 9.05. The van der Waals surface area contributed by atoms with Crippen molar-refractivity contribution in [3.8, 4) is 5.75 Å². The number of thiazole rings is 1. The lowest BCUT2D eigenvalue weighted by Crippen LogP contribution is -2.61. The van der Waals surface area contributed by atoms with Crippen molar-refractivity contribution in [3.05, 3.63) is 39.6 Å². The molecule has 0 amide bonds. The first-order chi connectivity index (χ1) is 15.8. The summed E-state index contributed by atoms with van der Waals surface area (Å²) in [5.74, 6) is -1.02. The predicted molar refractivity (Wildman–Crippen MR) is 124 cm³/mol. The van der Waals surface area contributed by atoms with Gasteiger partial charge in [-0.2, -0.15) is 0 Å². The Morgan fingerprint density at radius 3 is 2.67 bits per heavy atom. The Morgan fingerprint density at radius 2 is 2.06 bits per heavy atom. The van der Waals surface area contributed by atoms with Gasteiger partial charge in [-0.15, -0.1) is 11.3 Å². The van der Waals surface area contributed by atoms with Crippen molar-refractivity contribution in [1.82, 2.24) is 15.2 Å². The summed E-state index contributed by atoms with van der Waals surface area (Å²) in [6, 6.07) is 2.96. The van der Waals surface area contributed by atoms with E-state index >= 15 is 0 Å². The van der Waals surface area contributed by atoms with Crippen LogP contribution in [-0.2, 0) is 20.4 Å². The van der Waals surface area contributed by atoms with Gasteiger partial charge < -0.3 is 15.2 Å². The molecule has 1 aromatic heterocycles. The maximum absolute atomic E-state index is 14.8. The number of halogens is 2. The van der Waals surface area contributed by atoms with Crippen LogP contribution in [0.15, 0.2) is 28.6 Å². The molecular formula is C21H27ClFN3O5S2. The number of sulfone groups is 1. The summed E-state index contributed by atoms with van der Waals surface area (Å²) in [5.41, 5.74) is 0. The molecule has 182 valence electrons. The van der Waals surface area contributed by atoms with Crippen molar-refractivity contribution in [1.29, 1.82) is 0 Å². The molecule has 2 atom stereocenters. The molecule has 2 aliphatic rings. The van der Waals surface area contributed by atoms with Gasteiger partial charge in [0.2, 0.25) is 0 Å². The standard InChI is InChI=1S/C20H25ClFN3O3S2.CH2O2/c1-25(13-10-23-11-13)16-4-2-3-5-17(16)28-18-9-15(22)19(8-14(18)21)30(26,27)12-20-24-6-7-29-20;2-1-3/h6-9,13,16-17,23H,2-5,10-12H2,1H3;1H,(H,2,3)/t16-,17-;/m0./s1. The van der Waals surface area contributed by atoms with Crippen LogP contribution in [0.5, 0.6) is 5.75 Å². The fourth-order valence-corrected chi connectivity index (χ4v) is 6.70. The van der Waals surface area contributed by atoms with Crippen LogP contribution in [0.3, 0.4) is 0 Å². The fraction of sp³-hybridized carbons (Fsp3) is 0.524. The summed E-state index contributed by atoms with van der Waals surface area (Å²) in [6.45, 7) is 1.67. The van der Waals surface area contributed by atoms with Crippen LogP contribution < -0.4 is 10.1 Å². The number of rotatable bonds is 7. The quantitative estimate of drug-likeness (QED) is 0.537. The minimum Gasteiger partial charge on any atom is -0.487 e. The van der Waals surface area contributed by atoms with Gasteiger partial charge in [0.15, 0.2) is 9.84 Å². The number of nitrogens with zero attached hydrogens (tertiary/aromatic N) is 2. The van der Waals surface area contributed by atoms with Gasteiger partial charge in [0.05, 0.1) is 5.02 Å². The van der Waals surface area contributed by atoms with Crippen molar-refractivity contribution < 1.29 is 27.4 Å². The Hall–Kier alpha value is -1.79. The van der Waals surface area contributed by atoms with E-state index in [1.54, 1.807) is 5.38 Å². The molecule has 2 aromatic rings. The van der Waals surface area contributed by atoms with Gasteiger partial charge in [0.25, 0.3) is 6.47 Å². The van der Waals surface area contributed by atoms with Gasteiger partial charge in [0.1, 0.15) is 33.3 Å². The van der Waals surface area contributed by atoms with E-state index < -0.39 is 20.5 Å². The summed E-state index contributed by atoms with van der Waals surface area (Å²) < 4.78 is 46.2. The zero-order valence-corrected chi connectivity index (χ0v) is 20.5. The second-order valence-corrected chi connectivity index (χ2v) is 11.3. The van der Waals surface area contributed by atoms with Crippen LogP contribution in [-0.4, -0.2) is 68.2 Å². The van der Waals surface area contributed by atoms with Crippen LogP contribution in [0.4, 0.5) is 4.39 Å². The summed E-state index contributed by atoms with van der Waals surface area (Å²) >= 11 is 7.56. The molecule has 0 spiro atoms. The first-order valence-electron chi connectivity index (χ1n) is 10.5. The third kappa shape index (κ3) is 6.42. The SMILES string of the molecule is CN(C1CNC1)[C@H]1CCCC[C@@H]1Oc1cc(F)c(S(=O)(=O)Cc2nccs2)cc1Cl.O=CO. The number of carbonyl (C=O) groups is 1. The molecule has 1 saturated heterocycles. The Labute approximate surface area is 201 Å². The molecule has 12 heteroatoms. The van der Waals surface area contributed by atoms with Crippen LogP contribution in [0.25, 0.3) is 0 Å². The number of aromatic nitrogens is 1. The molecule has 8 nitrogen and oxygen atoms in total. The van der Waals surface area contributed by atoms with Crippen molar-refractivity contribution >= 4 is 39.2 Å². The molecule has 2 heterocycles. The summed E-state index contributed by atoms with van der Waals surface area (Å²) in [5, 5.41) is 12.4. The smallest absolute Gasteiger partial charge is 0.290 e. The number of carboxylic acid groups (broad SMARTS) is 1. The Bertz CT molecular complexity index is 1030. The second kappa shape index (κ2) is 11.6. The van der Waals surface area contributed by atoms with Gasteiger partial charge in [-0.3, -0.25) is 9.69 Å². The molecule has 0 radical (unpaired) electrons. The van der Waals surface area contributed by atoms with E-state index in [-0.39, 0.29) is 35.1 Å². The van der Waals surface area contributed by atoms with Gasteiger partial charge in [0, 0.05) is 42.8 Å². The number of ether oxygens (including phenoxy) is 1. The third-order valence-electron chi connectivity index (χ3n) is 5.92. The maximum atomic E-state index is 14.8. The largest absolute Gasteiger partial charge is 0.487 e. The molecule has 4 rings (SSSR count). The normalized spacial score (nSPS) is 21.1. The molecule has 0 unspecified atom stereocenters. The molecule has 33 heavy (non-hydrogen) atoms. The van der Waals surface area contributed by atoms with Gasteiger partial charge in [-0.1, -0.05) is 18.0 Å². The van der Waals surface area contributed by atoms with Crippen molar-refractivity contribution in [3.63, 3.8) is 0 Å². The molecule has 1 aromatic carbocycles. The zero-order chi connectivity index (χ0) is 24.0. The van der Waals surface area contributed by atoms with Gasteiger partial charge in [-0.05, 0) is 32.4 Å². The second-order valence-electron chi connectivity index (χ2n) is 7.99. The molecule has 2 fully saturated rings. The lowest BCUT2D eigenvalue weighted by Gasteiger charge is -2.45. The average Bonchev–Trinajstić information content (AvgIpc) is 3.22. The fourth-order valence-electron chi connectivity index (χ4n) is 4.08. The van der Waals surface area contributed by atoms with E-state index in [4.69, 9.17) is 26.2 Å². The molecule has 2 N–H and O–H groups in total. The van der Waals surface area contributed by atoms with Crippen LogP contribution in [0.1, 0.15) is 30.7 Å². The van der Waals surface area contributed by atoms with Crippen LogP contribution >= 0.6 is 22.9 Å². The monoisotopic (exact) mass is 519 g/mol. The topological polar surface area (TPSA) is 109 Å². The molecular weight excluding hydrogens is 493 g/mol. The van der Waals surface area contributed by atoms with E-state index in [9.17, 15) is 12.8 Å². The molecule has 0 bridgehead atoms. The van der Waals surface area contributed by atoms with Gasteiger partial charge in [-0.25, -0.2) is 17.8 Å². The first-order valence-corrected chi connectivity index (χ1v) is 13.4. The zero-order valence-electron chi connectivity index (χ0n) is 18.1. The molecule has 1 aliphatic heterocycles. The van der Waals surface area contributed by atoms with Crippen molar-refractivity contribution in [2.24, 2.45) is 0 Å². The predicted octanol–water partition coefficient (Wildman–Crippen LogP) is 3.20. The minimum absolute atomic E-state index is 0.103. The highest BCUT2D eigenvalue weighted by Gasteiger charge is 2.36. The maximum Gasteiger partial charge on any atom is 0.290 e. The number of hydrogen-bond acceptors (Lipinski definition) is 8. The van der Waals surface area contributed by atoms with Crippen LogP contribution in [0, 0.1) is 5.82 Å². The number of nitrogens with one attached hydrogen (secondary N) is 1. The highest BCUT2D eigenvalue weighted by molar-refractivity contribution is 7.90. The number of hydrogen-bond donors (Lipinski definition) is 2. The Balaban J connectivity index is 0.000000968. The van der Waals surface area contributed by atoms with Crippen molar-refractivity contribution in [2.75, 3.05) is 20.1 Å². The number of benzene rings is 1. The van der Waals surface area contributed by atoms with E-state index in [1.807, 2.05) is 0 Å². The Morgan fingerprint density at radius 1 is 1.36 bits per heavy atom. The average molecular weight is 520 g/mol. The van der Waals surface area contributed by atoms with E-state index in [0.717, 1.165) is 50.9 Å². The third-order valence-corrected chi connectivity index (χ3v) is 8.82. The highest BCUT2D eigenvalue weighted by atomic mass is 35.5. The lowest BCUT2D eigenvalue weighted by molar-refractivity contribution is -0.122. The van der Waals surface area contributed by atoms with Crippen LogP contribution in [0.2, 0.25) is 5.02 Å². The number of likely N-dealkylation sites (N-methyl/N-ethyl adjacent to an activating group) is 1. The van der Waals surface area contributed by atoms with E-state index in [2.05, 4.69) is 22.2 Å². The van der Waals surface area contributed by atoms with E-state index in [0.29, 0.717) is 11.0 Å². The van der Waals surface area contributed by atoms with Crippen molar-refractivity contribution in [2.45, 2.75) is 54.5 Å². The lowest BCUT2D eigenvalue weighted by atomic mass is 9.90. The van der Waals surface area contributed by atoms with E-state index in [1.165, 1.54) is 17.5 Å². The minimum atomic E-state index is -3.90. The molecule has 1 aliphatic carbocycles. The summed E-state index contributed by atoms with van der Waals surface area (Å²) in [7, 11) is -1.79. The van der Waals surface area contributed by atoms with Gasteiger partial charge >= 0.3 is 0 Å². The molecule has 1 saturated carbocycles. The summed E-state index contributed by atoms with van der Waals surface area (Å²) in [4.78, 5) is 14.3.